The van der Waals surface area contributed by atoms with Gasteiger partial charge in [-0.2, -0.15) is 0 Å². The van der Waals surface area contributed by atoms with E-state index in [1.54, 1.807) is 18.2 Å². The lowest BCUT2D eigenvalue weighted by Gasteiger charge is -2.35. The van der Waals surface area contributed by atoms with Gasteiger partial charge in [-0.25, -0.2) is 4.68 Å². The number of nitrogens with one attached hydrogen (secondary N) is 1. The molecule has 1 aliphatic heterocycles. The van der Waals surface area contributed by atoms with Gasteiger partial charge in [0.1, 0.15) is 6.33 Å². The van der Waals surface area contributed by atoms with Crippen LogP contribution in [0, 0.1) is 0 Å². The highest BCUT2D eigenvalue weighted by Crippen LogP contribution is 2.25. The first-order valence-corrected chi connectivity index (χ1v) is 7.80. The van der Waals surface area contributed by atoms with Crippen LogP contribution < -0.4 is 5.32 Å². The van der Waals surface area contributed by atoms with Crippen LogP contribution in [-0.4, -0.2) is 44.4 Å². The van der Waals surface area contributed by atoms with Gasteiger partial charge in [0.25, 0.3) is 5.91 Å². The van der Waals surface area contributed by atoms with Crippen molar-refractivity contribution >= 4 is 17.5 Å². The maximum Gasteiger partial charge on any atom is 0.253 e. The summed E-state index contributed by atoms with van der Waals surface area (Å²) in [7, 11) is 0. The molecule has 1 aliphatic rings. The Hall–Kier alpha value is -1.99. The van der Waals surface area contributed by atoms with Crippen molar-refractivity contribution in [3.05, 3.63) is 35.1 Å². The molecule has 1 atom stereocenters. The zero-order chi connectivity index (χ0) is 16.4. The van der Waals surface area contributed by atoms with E-state index in [2.05, 4.69) is 20.8 Å². The first-order chi connectivity index (χ1) is 10.9. The number of benzene rings is 1. The van der Waals surface area contributed by atoms with Gasteiger partial charge in [0.2, 0.25) is 0 Å². The molecule has 23 heavy (non-hydrogen) atoms. The van der Waals surface area contributed by atoms with Gasteiger partial charge in [-0.3, -0.25) is 4.79 Å². The van der Waals surface area contributed by atoms with Crippen molar-refractivity contribution in [1.82, 2.24) is 25.5 Å². The quantitative estimate of drug-likeness (QED) is 0.927. The highest BCUT2D eigenvalue weighted by atomic mass is 35.5. The van der Waals surface area contributed by atoms with Crippen molar-refractivity contribution in [1.29, 1.82) is 0 Å². The predicted octanol–water partition coefficient (Wildman–Crippen LogP) is 2.00. The Balaban J connectivity index is 1.72. The van der Waals surface area contributed by atoms with E-state index in [1.807, 2.05) is 13.8 Å². The van der Waals surface area contributed by atoms with E-state index in [0.717, 1.165) is 12.8 Å². The first-order valence-electron chi connectivity index (χ1n) is 7.42. The van der Waals surface area contributed by atoms with Crippen LogP contribution in [0.1, 0.15) is 37.0 Å². The summed E-state index contributed by atoms with van der Waals surface area (Å²) in [6, 6.07) is 5.19. The summed E-state index contributed by atoms with van der Waals surface area (Å²) < 4.78 is 7.15. The lowest BCUT2D eigenvalue weighted by Crippen LogP contribution is -2.45. The highest BCUT2D eigenvalue weighted by Gasteiger charge is 2.30. The van der Waals surface area contributed by atoms with Gasteiger partial charge in [-0.15, -0.1) is 5.10 Å². The lowest BCUT2D eigenvalue weighted by molar-refractivity contribution is -0.0615. The Bertz CT molecular complexity index is 702. The average molecular weight is 336 g/mol. The van der Waals surface area contributed by atoms with E-state index in [1.165, 1.54) is 11.0 Å². The number of hydrogen-bond donors (Lipinski definition) is 1. The third-order valence-electron chi connectivity index (χ3n) is 3.84. The van der Waals surface area contributed by atoms with Gasteiger partial charge >= 0.3 is 0 Å². The monoisotopic (exact) mass is 335 g/mol. The molecule has 2 heterocycles. The first kappa shape index (κ1) is 15.9. The molecule has 122 valence electrons. The molecule has 1 N–H and O–H groups in total. The summed E-state index contributed by atoms with van der Waals surface area (Å²) in [5.41, 5.74) is 0.917. The maximum atomic E-state index is 12.5. The molecule has 0 radical (unpaired) electrons. The van der Waals surface area contributed by atoms with Gasteiger partial charge in [-0.05, 0) is 55.3 Å². The Labute approximate surface area is 139 Å². The summed E-state index contributed by atoms with van der Waals surface area (Å²) in [6.07, 6.45) is 3.05. The minimum atomic E-state index is -0.218. The Morgan fingerprint density at radius 2 is 2.30 bits per heavy atom. The Morgan fingerprint density at radius 3 is 2.96 bits per heavy atom. The molecule has 1 aromatic heterocycles. The maximum absolute atomic E-state index is 12.5. The van der Waals surface area contributed by atoms with Crippen LogP contribution in [-0.2, 0) is 4.74 Å². The number of hydrogen-bond acceptors (Lipinski definition) is 5. The predicted molar refractivity (Wildman–Crippen MR) is 84.7 cm³/mol. The summed E-state index contributed by atoms with van der Waals surface area (Å²) in [5.74, 6) is -0.180. The van der Waals surface area contributed by atoms with Gasteiger partial charge in [-0.1, -0.05) is 11.6 Å². The number of carbonyl (C=O) groups is 1. The van der Waals surface area contributed by atoms with Crippen LogP contribution in [0.2, 0.25) is 5.02 Å². The Kier molecular flexibility index (Phi) is 4.32. The smallest absolute Gasteiger partial charge is 0.253 e. The van der Waals surface area contributed by atoms with Crippen molar-refractivity contribution in [2.24, 2.45) is 0 Å². The zero-order valence-corrected chi connectivity index (χ0v) is 13.7. The van der Waals surface area contributed by atoms with Crippen LogP contribution in [0.25, 0.3) is 5.69 Å². The third kappa shape index (κ3) is 3.68. The molecule has 0 saturated carbocycles. The number of ether oxygens (including phenoxy) is 1. The van der Waals surface area contributed by atoms with Crippen LogP contribution >= 0.6 is 11.6 Å². The molecule has 0 aliphatic carbocycles. The molecule has 1 unspecified atom stereocenters. The molecule has 0 bridgehead atoms. The van der Waals surface area contributed by atoms with Gasteiger partial charge in [0.05, 0.1) is 21.9 Å². The van der Waals surface area contributed by atoms with E-state index >= 15 is 0 Å². The van der Waals surface area contributed by atoms with Gasteiger partial charge < -0.3 is 10.1 Å². The van der Waals surface area contributed by atoms with Crippen molar-refractivity contribution in [2.45, 2.75) is 38.3 Å². The minimum Gasteiger partial charge on any atom is -0.375 e. The van der Waals surface area contributed by atoms with Crippen LogP contribution in [0.5, 0.6) is 0 Å². The standard InChI is InChI=1S/C15H18ClN5O2/c1-15(2)8-10(5-6-23-15)18-14(22)12-4-3-11(7-13(12)16)21-9-17-19-20-21/h3-4,7,9-10H,5-6,8H2,1-2H3,(H,18,22). The molecule has 2 aromatic rings. The molecule has 1 fully saturated rings. The summed E-state index contributed by atoms with van der Waals surface area (Å²) in [4.78, 5) is 12.5. The molecular weight excluding hydrogens is 318 g/mol. The second kappa shape index (κ2) is 6.25. The number of rotatable bonds is 3. The van der Waals surface area contributed by atoms with Crippen LogP contribution in [0.4, 0.5) is 0 Å². The Morgan fingerprint density at radius 1 is 1.48 bits per heavy atom. The molecule has 8 heteroatoms. The fourth-order valence-corrected chi connectivity index (χ4v) is 2.99. The largest absolute Gasteiger partial charge is 0.375 e. The highest BCUT2D eigenvalue weighted by molar-refractivity contribution is 6.34. The van der Waals surface area contributed by atoms with E-state index in [0.29, 0.717) is 22.9 Å². The second-order valence-corrected chi connectivity index (χ2v) is 6.60. The zero-order valence-electron chi connectivity index (χ0n) is 13.0. The van der Waals surface area contributed by atoms with E-state index < -0.39 is 0 Å². The van der Waals surface area contributed by atoms with E-state index in [-0.39, 0.29) is 17.6 Å². The molecule has 7 nitrogen and oxygen atoms in total. The van der Waals surface area contributed by atoms with Crippen LogP contribution in [0.3, 0.4) is 0 Å². The summed E-state index contributed by atoms with van der Waals surface area (Å²) >= 11 is 6.25. The minimum absolute atomic E-state index is 0.0847. The number of amides is 1. The van der Waals surface area contributed by atoms with Gasteiger partial charge in [0.15, 0.2) is 0 Å². The fraction of sp³-hybridized carbons (Fsp3) is 0.467. The number of halogens is 1. The SMILES string of the molecule is CC1(C)CC(NC(=O)c2ccc(-n3cnnn3)cc2Cl)CCO1. The van der Waals surface area contributed by atoms with E-state index in [4.69, 9.17) is 16.3 Å². The molecule has 1 amide bonds. The number of tetrazole rings is 1. The van der Waals surface area contributed by atoms with Crippen molar-refractivity contribution < 1.29 is 9.53 Å². The van der Waals surface area contributed by atoms with E-state index in [9.17, 15) is 4.79 Å². The van der Waals surface area contributed by atoms with Crippen molar-refractivity contribution in [3.8, 4) is 5.69 Å². The second-order valence-electron chi connectivity index (χ2n) is 6.19. The normalized spacial score (nSPS) is 20.2. The summed E-state index contributed by atoms with van der Waals surface area (Å²) in [6.45, 7) is 4.70. The van der Waals surface area contributed by atoms with Crippen molar-refractivity contribution in [2.75, 3.05) is 6.61 Å². The van der Waals surface area contributed by atoms with Crippen LogP contribution in [0.15, 0.2) is 24.5 Å². The molecule has 1 saturated heterocycles. The molecular formula is C15H18ClN5O2. The number of aromatic nitrogens is 4. The molecule has 0 spiro atoms. The van der Waals surface area contributed by atoms with Crippen molar-refractivity contribution in [3.63, 3.8) is 0 Å². The number of carbonyl (C=O) groups excluding carboxylic acids is 1. The lowest BCUT2D eigenvalue weighted by atomic mass is 9.94. The molecule has 1 aromatic carbocycles. The third-order valence-corrected chi connectivity index (χ3v) is 4.16. The number of nitrogens with zero attached hydrogens (tertiary/aromatic N) is 4. The van der Waals surface area contributed by atoms with Gasteiger partial charge in [0, 0.05) is 12.6 Å². The average Bonchev–Trinajstić information content (AvgIpc) is 3.00. The fourth-order valence-electron chi connectivity index (χ4n) is 2.73. The summed E-state index contributed by atoms with van der Waals surface area (Å²) in [5, 5.41) is 14.3. The molecule has 3 rings (SSSR count). The topological polar surface area (TPSA) is 81.9 Å².